The summed E-state index contributed by atoms with van der Waals surface area (Å²) in [5, 5.41) is 9.99. The van der Waals surface area contributed by atoms with Crippen LogP contribution in [0.4, 0.5) is 0 Å². The van der Waals surface area contributed by atoms with Crippen molar-refractivity contribution in [1.82, 2.24) is 0 Å². The molecule has 2 nitrogen and oxygen atoms in total. The fourth-order valence-electron chi connectivity index (χ4n) is 2.68. The third kappa shape index (κ3) is 4.97. The molecular formula is C18H32O2. The Kier molecular flexibility index (Phi) is 7.98. The minimum absolute atomic E-state index is 0.171. The zero-order chi connectivity index (χ0) is 15.0. The molecule has 0 saturated carbocycles. The number of aliphatic hydroxyl groups excluding tert-OH is 1. The Bertz CT molecular complexity index is 341. The first-order chi connectivity index (χ1) is 9.61. The minimum Gasteiger partial charge on any atom is -0.493 e. The molecular weight excluding hydrogens is 248 g/mol. The SMILES string of the molecule is CCCCCCCCOC1=C(C)C(C)C(O)C=C1CC. The Labute approximate surface area is 124 Å². The van der Waals surface area contributed by atoms with Crippen LogP contribution < -0.4 is 0 Å². The average molecular weight is 280 g/mol. The highest BCUT2D eigenvalue weighted by Gasteiger charge is 2.25. The first-order valence-electron chi connectivity index (χ1n) is 8.34. The van der Waals surface area contributed by atoms with Gasteiger partial charge in [-0.3, -0.25) is 0 Å². The van der Waals surface area contributed by atoms with Gasteiger partial charge in [0.15, 0.2) is 0 Å². The second-order valence-electron chi connectivity index (χ2n) is 5.95. The van der Waals surface area contributed by atoms with E-state index in [2.05, 4.69) is 27.7 Å². The van der Waals surface area contributed by atoms with Crippen LogP contribution in [0, 0.1) is 5.92 Å². The van der Waals surface area contributed by atoms with E-state index < -0.39 is 0 Å². The molecule has 0 aromatic rings. The number of hydrogen-bond donors (Lipinski definition) is 1. The Morgan fingerprint density at radius 2 is 1.75 bits per heavy atom. The maximum atomic E-state index is 9.99. The molecule has 2 atom stereocenters. The second kappa shape index (κ2) is 9.23. The maximum absolute atomic E-state index is 9.99. The monoisotopic (exact) mass is 280 g/mol. The molecule has 1 aliphatic rings. The molecule has 20 heavy (non-hydrogen) atoms. The van der Waals surface area contributed by atoms with Crippen LogP contribution in [0.3, 0.4) is 0 Å². The van der Waals surface area contributed by atoms with E-state index in [0.29, 0.717) is 0 Å². The summed E-state index contributed by atoms with van der Waals surface area (Å²) in [5.74, 6) is 1.21. The van der Waals surface area contributed by atoms with Crippen LogP contribution in [0.25, 0.3) is 0 Å². The summed E-state index contributed by atoms with van der Waals surface area (Å²) in [7, 11) is 0. The van der Waals surface area contributed by atoms with E-state index >= 15 is 0 Å². The molecule has 0 bridgehead atoms. The predicted octanol–water partition coefficient (Wildman–Crippen LogP) is 4.98. The standard InChI is InChI=1S/C18H32O2/c1-5-7-8-9-10-11-12-20-18-15(4)14(3)17(19)13-16(18)6-2/h13-14,17,19H,5-12H2,1-4H3. The highest BCUT2D eigenvalue weighted by atomic mass is 16.5. The molecule has 0 fully saturated rings. The lowest BCUT2D eigenvalue weighted by Gasteiger charge is -2.28. The number of unbranched alkanes of at least 4 members (excludes halogenated alkanes) is 5. The van der Waals surface area contributed by atoms with Crippen LogP contribution in [-0.4, -0.2) is 17.8 Å². The molecule has 0 radical (unpaired) electrons. The summed E-state index contributed by atoms with van der Waals surface area (Å²) in [6.45, 7) is 9.33. The van der Waals surface area contributed by atoms with Gasteiger partial charge >= 0.3 is 0 Å². The van der Waals surface area contributed by atoms with Gasteiger partial charge in [0.1, 0.15) is 5.76 Å². The summed E-state index contributed by atoms with van der Waals surface area (Å²) in [4.78, 5) is 0. The number of aliphatic hydroxyl groups is 1. The van der Waals surface area contributed by atoms with Gasteiger partial charge in [0, 0.05) is 5.92 Å². The highest BCUT2D eigenvalue weighted by molar-refractivity contribution is 5.36. The molecule has 0 amide bonds. The summed E-state index contributed by atoms with van der Waals surface area (Å²) in [6.07, 6.45) is 10.2. The smallest absolute Gasteiger partial charge is 0.121 e. The van der Waals surface area contributed by atoms with Crippen LogP contribution in [0.2, 0.25) is 0 Å². The summed E-state index contributed by atoms with van der Waals surface area (Å²) in [6, 6.07) is 0. The summed E-state index contributed by atoms with van der Waals surface area (Å²) < 4.78 is 6.02. The van der Waals surface area contributed by atoms with Crippen molar-refractivity contribution in [2.45, 2.75) is 78.7 Å². The van der Waals surface area contributed by atoms with Crippen LogP contribution >= 0.6 is 0 Å². The van der Waals surface area contributed by atoms with Crippen LogP contribution in [0.15, 0.2) is 23.0 Å². The van der Waals surface area contributed by atoms with Gasteiger partial charge in [0.05, 0.1) is 12.7 Å². The molecule has 116 valence electrons. The molecule has 0 aromatic carbocycles. The molecule has 1 N–H and O–H groups in total. The van der Waals surface area contributed by atoms with Crippen LogP contribution in [0.1, 0.15) is 72.6 Å². The summed E-state index contributed by atoms with van der Waals surface area (Å²) in [5.41, 5.74) is 2.36. The molecule has 2 heteroatoms. The Balaban J connectivity index is 2.39. The molecule has 0 aliphatic heterocycles. The third-order valence-electron chi connectivity index (χ3n) is 4.34. The van der Waals surface area contributed by atoms with Crippen molar-refractivity contribution in [1.29, 1.82) is 0 Å². The van der Waals surface area contributed by atoms with Gasteiger partial charge < -0.3 is 9.84 Å². The zero-order valence-corrected chi connectivity index (χ0v) is 13.7. The van der Waals surface area contributed by atoms with E-state index in [-0.39, 0.29) is 12.0 Å². The van der Waals surface area contributed by atoms with Gasteiger partial charge in [-0.15, -0.1) is 0 Å². The van der Waals surface area contributed by atoms with Gasteiger partial charge in [-0.05, 0) is 37.0 Å². The molecule has 0 aromatic heterocycles. The molecule has 1 aliphatic carbocycles. The van der Waals surface area contributed by atoms with E-state index in [1.54, 1.807) is 0 Å². The van der Waals surface area contributed by atoms with Crippen molar-refractivity contribution in [2.24, 2.45) is 5.92 Å². The molecule has 0 saturated heterocycles. The zero-order valence-electron chi connectivity index (χ0n) is 13.7. The van der Waals surface area contributed by atoms with Gasteiger partial charge in [-0.1, -0.05) is 52.9 Å². The van der Waals surface area contributed by atoms with Crippen molar-refractivity contribution in [3.8, 4) is 0 Å². The Morgan fingerprint density at radius 1 is 1.10 bits per heavy atom. The normalized spacial score (nSPS) is 22.9. The maximum Gasteiger partial charge on any atom is 0.121 e. The first-order valence-corrected chi connectivity index (χ1v) is 8.34. The van der Waals surface area contributed by atoms with E-state index in [0.717, 1.165) is 25.2 Å². The highest BCUT2D eigenvalue weighted by Crippen LogP contribution is 2.32. The van der Waals surface area contributed by atoms with Gasteiger partial charge in [-0.2, -0.15) is 0 Å². The third-order valence-corrected chi connectivity index (χ3v) is 4.34. The van der Waals surface area contributed by atoms with E-state index in [1.165, 1.54) is 43.3 Å². The van der Waals surface area contributed by atoms with Gasteiger partial charge in [0.2, 0.25) is 0 Å². The molecule has 1 rings (SSSR count). The topological polar surface area (TPSA) is 29.5 Å². The van der Waals surface area contributed by atoms with Crippen molar-refractivity contribution in [3.63, 3.8) is 0 Å². The van der Waals surface area contributed by atoms with E-state index in [4.69, 9.17) is 4.74 Å². The van der Waals surface area contributed by atoms with Crippen molar-refractivity contribution in [3.05, 3.63) is 23.0 Å². The molecule has 2 unspecified atom stereocenters. The van der Waals surface area contributed by atoms with Gasteiger partial charge in [-0.25, -0.2) is 0 Å². The quantitative estimate of drug-likeness (QED) is 0.603. The van der Waals surface area contributed by atoms with E-state index in [1.807, 2.05) is 6.08 Å². The van der Waals surface area contributed by atoms with Crippen molar-refractivity contribution in [2.75, 3.05) is 6.61 Å². The second-order valence-corrected chi connectivity index (χ2v) is 5.95. The molecule has 0 heterocycles. The number of ether oxygens (including phenoxy) is 1. The Morgan fingerprint density at radius 3 is 2.40 bits per heavy atom. The fraction of sp³-hybridized carbons (Fsp3) is 0.778. The lowest BCUT2D eigenvalue weighted by molar-refractivity contribution is 0.154. The van der Waals surface area contributed by atoms with Gasteiger partial charge in [0.25, 0.3) is 0 Å². The number of hydrogen-bond acceptors (Lipinski definition) is 2. The Hall–Kier alpha value is -0.760. The lowest BCUT2D eigenvalue weighted by atomic mass is 9.86. The van der Waals surface area contributed by atoms with Crippen LogP contribution in [0.5, 0.6) is 0 Å². The largest absolute Gasteiger partial charge is 0.493 e. The van der Waals surface area contributed by atoms with E-state index in [9.17, 15) is 5.11 Å². The number of allylic oxidation sites excluding steroid dienone is 1. The van der Waals surface area contributed by atoms with Crippen LogP contribution in [-0.2, 0) is 4.74 Å². The fourth-order valence-corrected chi connectivity index (χ4v) is 2.68. The van der Waals surface area contributed by atoms with Crippen molar-refractivity contribution < 1.29 is 9.84 Å². The minimum atomic E-state index is -0.355. The average Bonchev–Trinajstić information content (AvgIpc) is 2.45. The first kappa shape index (κ1) is 17.3. The summed E-state index contributed by atoms with van der Waals surface area (Å²) >= 11 is 0. The predicted molar refractivity (Wildman–Crippen MR) is 85.6 cm³/mol. The number of rotatable bonds is 9. The van der Waals surface area contributed by atoms with Crippen molar-refractivity contribution >= 4 is 0 Å². The lowest BCUT2D eigenvalue weighted by Crippen LogP contribution is -2.23. The molecule has 0 spiro atoms.